The van der Waals surface area contributed by atoms with Crippen LogP contribution < -0.4 is 5.73 Å². The van der Waals surface area contributed by atoms with Gasteiger partial charge in [-0.25, -0.2) is 9.50 Å². The number of pyridine rings is 1. The zero-order valence-electron chi connectivity index (χ0n) is 22.4. The second-order valence-corrected chi connectivity index (χ2v) is 10.6. The molecule has 0 spiro atoms. The highest BCUT2D eigenvalue weighted by atomic mass is 16.5. The molecular weight excluding hydrogens is 520 g/mol. The standard InChI is InChI=1S/C30H30N8O3/c31-29-28-24(25-6-11-34-37(25)22-7-12-41-13-8-22)16-27(38(28)35-18-33-29)21-3-1-2-20(14-21)26-15-23(39)17-36(26)30(40)19-4-9-32-10-5-19/h1-6,9-11,14,16,18,22-23,26,39H,7-8,12-13,15,17H2,(H2,31,33,35)/t23-,26+/m1/s1. The second-order valence-electron chi connectivity index (χ2n) is 10.6. The summed E-state index contributed by atoms with van der Waals surface area (Å²) in [6.45, 7) is 1.69. The first-order valence-corrected chi connectivity index (χ1v) is 13.8. The van der Waals surface area contributed by atoms with Crippen molar-refractivity contribution in [2.75, 3.05) is 25.5 Å². The fraction of sp³-hybridized carbons (Fsp3) is 0.300. The van der Waals surface area contributed by atoms with Gasteiger partial charge in [-0.15, -0.1) is 0 Å². The molecule has 4 aromatic heterocycles. The van der Waals surface area contributed by atoms with Crippen molar-refractivity contribution in [1.82, 2.24) is 34.3 Å². The Morgan fingerprint density at radius 3 is 2.66 bits per heavy atom. The number of likely N-dealkylation sites (tertiary alicyclic amines) is 1. The molecule has 2 fully saturated rings. The molecule has 0 radical (unpaired) electrons. The maximum atomic E-state index is 13.4. The van der Waals surface area contributed by atoms with E-state index in [0.717, 1.165) is 40.9 Å². The fourth-order valence-electron chi connectivity index (χ4n) is 6.14. The van der Waals surface area contributed by atoms with Gasteiger partial charge in [0.05, 0.1) is 29.6 Å². The van der Waals surface area contributed by atoms with Crippen molar-refractivity contribution in [2.24, 2.45) is 0 Å². The number of fused-ring (bicyclic) bond motifs is 1. The highest BCUT2D eigenvalue weighted by Crippen LogP contribution is 2.39. The number of nitrogens with zero attached hydrogens (tertiary/aromatic N) is 7. The van der Waals surface area contributed by atoms with E-state index in [1.54, 1.807) is 29.4 Å². The number of aliphatic hydroxyl groups is 1. The summed E-state index contributed by atoms with van der Waals surface area (Å²) in [7, 11) is 0. The van der Waals surface area contributed by atoms with Crippen LogP contribution in [-0.2, 0) is 4.74 Å². The Kier molecular flexibility index (Phi) is 6.44. The number of hydrogen-bond donors (Lipinski definition) is 2. The maximum Gasteiger partial charge on any atom is 0.254 e. The van der Waals surface area contributed by atoms with Gasteiger partial charge in [0.1, 0.15) is 11.8 Å². The molecule has 2 saturated heterocycles. The van der Waals surface area contributed by atoms with Crippen LogP contribution in [0.4, 0.5) is 5.82 Å². The van der Waals surface area contributed by atoms with Crippen LogP contribution >= 0.6 is 0 Å². The Bertz CT molecular complexity index is 1710. The van der Waals surface area contributed by atoms with E-state index in [1.807, 2.05) is 35.0 Å². The quantitative estimate of drug-likeness (QED) is 0.339. The van der Waals surface area contributed by atoms with Gasteiger partial charge in [0.15, 0.2) is 5.82 Å². The van der Waals surface area contributed by atoms with Crippen LogP contribution in [0, 0.1) is 0 Å². The molecule has 5 aromatic rings. The number of benzene rings is 1. The van der Waals surface area contributed by atoms with Crippen LogP contribution in [0.2, 0.25) is 0 Å². The molecule has 0 saturated carbocycles. The molecule has 6 heterocycles. The Hall–Kier alpha value is -4.61. The predicted octanol–water partition coefficient (Wildman–Crippen LogP) is 3.54. The lowest BCUT2D eigenvalue weighted by atomic mass is 9.99. The van der Waals surface area contributed by atoms with Crippen LogP contribution in [-0.4, -0.2) is 71.1 Å². The molecule has 1 amide bonds. The molecule has 2 atom stereocenters. The van der Waals surface area contributed by atoms with Crippen LogP contribution in [0.1, 0.15) is 47.3 Å². The van der Waals surface area contributed by atoms with Crippen LogP contribution in [0.15, 0.2) is 73.4 Å². The third-order valence-electron chi connectivity index (χ3n) is 8.10. The van der Waals surface area contributed by atoms with Gasteiger partial charge in [0.2, 0.25) is 0 Å². The average molecular weight is 551 g/mol. The molecule has 2 aliphatic heterocycles. The molecule has 41 heavy (non-hydrogen) atoms. The minimum atomic E-state index is -0.604. The number of nitrogens with two attached hydrogens (primary N) is 1. The molecule has 0 aliphatic carbocycles. The van der Waals surface area contributed by atoms with Crippen molar-refractivity contribution in [1.29, 1.82) is 0 Å². The lowest BCUT2D eigenvalue weighted by Crippen LogP contribution is -2.31. The largest absolute Gasteiger partial charge is 0.391 e. The lowest BCUT2D eigenvalue weighted by molar-refractivity contribution is 0.0667. The molecule has 3 N–H and O–H groups in total. The maximum absolute atomic E-state index is 13.4. The number of amides is 1. The van der Waals surface area contributed by atoms with Crippen LogP contribution in [0.3, 0.4) is 0 Å². The number of aliphatic hydroxyl groups excluding tert-OH is 1. The van der Waals surface area contributed by atoms with E-state index in [0.29, 0.717) is 36.5 Å². The number of anilines is 1. The van der Waals surface area contributed by atoms with E-state index < -0.39 is 6.10 Å². The Balaban J connectivity index is 1.30. The Labute approximate surface area is 236 Å². The molecule has 11 heteroatoms. The van der Waals surface area contributed by atoms with Crippen molar-refractivity contribution < 1.29 is 14.6 Å². The topological polar surface area (TPSA) is 137 Å². The van der Waals surface area contributed by atoms with Crippen molar-refractivity contribution in [3.63, 3.8) is 0 Å². The van der Waals surface area contributed by atoms with Gasteiger partial charge >= 0.3 is 0 Å². The molecule has 7 rings (SSSR count). The van der Waals surface area contributed by atoms with Gasteiger partial charge in [-0.1, -0.05) is 18.2 Å². The SMILES string of the molecule is Nc1ncnn2c(-c3cccc([C@@H]4C[C@@H](O)CN4C(=O)c4ccncc4)c3)cc(-c3ccnn3C3CCOCC3)c12. The summed E-state index contributed by atoms with van der Waals surface area (Å²) in [5.74, 6) is 0.252. The zero-order chi connectivity index (χ0) is 27.9. The van der Waals surface area contributed by atoms with E-state index in [4.69, 9.17) is 10.5 Å². The summed E-state index contributed by atoms with van der Waals surface area (Å²) in [5.41, 5.74) is 12.2. The van der Waals surface area contributed by atoms with Crippen molar-refractivity contribution in [3.05, 3.63) is 84.6 Å². The summed E-state index contributed by atoms with van der Waals surface area (Å²) < 4.78 is 9.46. The Morgan fingerprint density at radius 2 is 1.83 bits per heavy atom. The summed E-state index contributed by atoms with van der Waals surface area (Å²) in [6, 6.07) is 15.5. The van der Waals surface area contributed by atoms with Gasteiger partial charge in [-0.3, -0.25) is 14.5 Å². The summed E-state index contributed by atoms with van der Waals surface area (Å²) in [4.78, 5) is 23.4. The third-order valence-corrected chi connectivity index (χ3v) is 8.10. The number of rotatable bonds is 5. The molecular formula is C30H30N8O3. The first-order chi connectivity index (χ1) is 20.1. The Morgan fingerprint density at radius 1 is 1.00 bits per heavy atom. The first-order valence-electron chi connectivity index (χ1n) is 13.8. The van der Waals surface area contributed by atoms with E-state index >= 15 is 0 Å². The van der Waals surface area contributed by atoms with Gasteiger partial charge in [0.25, 0.3) is 5.91 Å². The van der Waals surface area contributed by atoms with Crippen LogP contribution in [0.25, 0.3) is 28.0 Å². The van der Waals surface area contributed by atoms with Crippen molar-refractivity contribution in [2.45, 2.75) is 37.5 Å². The van der Waals surface area contributed by atoms with Gasteiger partial charge in [-0.05, 0) is 55.2 Å². The number of ether oxygens (including phenoxy) is 1. The molecule has 0 bridgehead atoms. The predicted molar refractivity (Wildman–Crippen MR) is 152 cm³/mol. The third kappa shape index (κ3) is 4.52. The van der Waals surface area contributed by atoms with Gasteiger partial charge < -0.3 is 20.5 Å². The minimum absolute atomic E-state index is 0.128. The summed E-state index contributed by atoms with van der Waals surface area (Å²) in [5, 5.41) is 19.8. The molecule has 208 valence electrons. The average Bonchev–Trinajstić information content (AvgIpc) is 3.75. The van der Waals surface area contributed by atoms with E-state index in [1.165, 1.54) is 6.33 Å². The molecule has 0 unspecified atom stereocenters. The fourth-order valence-corrected chi connectivity index (χ4v) is 6.14. The van der Waals surface area contributed by atoms with Gasteiger partial charge in [-0.2, -0.15) is 10.2 Å². The summed E-state index contributed by atoms with van der Waals surface area (Å²) >= 11 is 0. The minimum Gasteiger partial charge on any atom is -0.391 e. The number of carbonyl (C=O) groups is 1. The number of aromatic nitrogens is 6. The number of nitrogen functional groups attached to an aromatic ring is 1. The molecule has 11 nitrogen and oxygen atoms in total. The lowest BCUT2D eigenvalue weighted by Gasteiger charge is -2.25. The van der Waals surface area contributed by atoms with E-state index in [2.05, 4.69) is 37.0 Å². The van der Waals surface area contributed by atoms with Gasteiger partial charge in [0, 0.05) is 55.0 Å². The molecule has 2 aliphatic rings. The van der Waals surface area contributed by atoms with Crippen molar-refractivity contribution >= 4 is 17.2 Å². The van der Waals surface area contributed by atoms with Crippen LogP contribution in [0.5, 0.6) is 0 Å². The second kappa shape index (κ2) is 10.4. The zero-order valence-corrected chi connectivity index (χ0v) is 22.4. The van der Waals surface area contributed by atoms with E-state index in [-0.39, 0.29) is 24.5 Å². The monoisotopic (exact) mass is 550 g/mol. The number of hydrogen-bond acceptors (Lipinski definition) is 8. The van der Waals surface area contributed by atoms with E-state index in [9.17, 15) is 9.90 Å². The summed E-state index contributed by atoms with van der Waals surface area (Å²) in [6.07, 6.45) is 8.12. The normalized spacial score (nSPS) is 19.7. The first kappa shape index (κ1) is 25.4. The number of β-amino-alcohol motifs (C(OH)–C–C–N with tert-alkyl or cyclic N) is 1. The number of carbonyl (C=O) groups excluding carboxylic acids is 1. The van der Waals surface area contributed by atoms with Crippen molar-refractivity contribution in [3.8, 4) is 22.5 Å². The highest BCUT2D eigenvalue weighted by Gasteiger charge is 2.36. The molecule has 1 aromatic carbocycles. The smallest absolute Gasteiger partial charge is 0.254 e. The highest BCUT2D eigenvalue weighted by molar-refractivity contribution is 5.95.